The lowest BCUT2D eigenvalue weighted by atomic mass is 9.99. The third-order valence-electron chi connectivity index (χ3n) is 4.06. The van der Waals surface area contributed by atoms with Crippen molar-refractivity contribution in [2.75, 3.05) is 0 Å². The summed E-state index contributed by atoms with van der Waals surface area (Å²) in [5.41, 5.74) is 4.00. The molecule has 0 fully saturated rings. The number of hydrogen-bond acceptors (Lipinski definition) is 1. The van der Waals surface area contributed by atoms with Gasteiger partial charge in [-0.2, -0.15) is 5.10 Å². The van der Waals surface area contributed by atoms with Crippen LogP contribution in [0.4, 0.5) is 0 Å². The van der Waals surface area contributed by atoms with Crippen molar-refractivity contribution >= 4 is 22.4 Å². The van der Waals surface area contributed by atoms with Gasteiger partial charge >= 0.3 is 0 Å². The van der Waals surface area contributed by atoms with Crippen LogP contribution in [0.2, 0.25) is 5.15 Å². The number of aromatic nitrogens is 2. The minimum Gasteiger partial charge on any atom is -0.221 e. The van der Waals surface area contributed by atoms with Crippen LogP contribution < -0.4 is 0 Å². The number of aryl methyl sites for hydroxylation is 1. The fourth-order valence-electron chi connectivity index (χ4n) is 2.99. The molecule has 4 rings (SSSR count). The van der Waals surface area contributed by atoms with Crippen LogP contribution in [0.25, 0.3) is 27.6 Å². The van der Waals surface area contributed by atoms with E-state index in [9.17, 15) is 0 Å². The van der Waals surface area contributed by atoms with E-state index in [1.54, 1.807) is 4.68 Å². The van der Waals surface area contributed by atoms with Gasteiger partial charge in [0.15, 0.2) is 0 Å². The predicted molar refractivity (Wildman–Crippen MR) is 96.3 cm³/mol. The average molecular weight is 319 g/mol. The highest BCUT2D eigenvalue weighted by Gasteiger charge is 2.17. The monoisotopic (exact) mass is 318 g/mol. The molecule has 1 aromatic heterocycles. The highest BCUT2D eigenvalue weighted by atomic mass is 35.5. The molecule has 0 radical (unpaired) electrons. The van der Waals surface area contributed by atoms with E-state index >= 15 is 0 Å². The Labute approximate surface area is 140 Å². The van der Waals surface area contributed by atoms with Gasteiger partial charge in [-0.05, 0) is 35.4 Å². The van der Waals surface area contributed by atoms with E-state index in [1.807, 2.05) is 43.3 Å². The predicted octanol–water partition coefficient (Wildman–Crippen LogP) is 5.65. The van der Waals surface area contributed by atoms with Gasteiger partial charge in [0.05, 0.1) is 11.4 Å². The van der Waals surface area contributed by atoms with E-state index in [2.05, 4.69) is 41.5 Å². The van der Waals surface area contributed by atoms with Crippen LogP contribution in [-0.4, -0.2) is 9.78 Å². The Kier molecular flexibility index (Phi) is 3.40. The number of hydrogen-bond donors (Lipinski definition) is 0. The van der Waals surface area contributed by atoms with Gasteiger partial charge in [0, 0.05) is 5.56 Å². The van der Waals surface area contributed by atoms with Crippen molar-refractivity contribution in [3.63, 3.8) is 0 Å². The summed E-state index contributed by atoms with van der Waals surface area (Å²) in [7, 11) is 0. The van der Waals surface area contributed by atoms with Crippen LogP contribution in [0.3, 0.4) is 0 Å². The Hall–Kier alpha value is -2.58. The summed E-state index contributed by atoms with van der Waals surface area (Å²) >= 11 is 6.70. The second kappa shape index (κ2) is 5.56. The molecule has 0 N–H and O–H groups in total. The summed E-state index contributed by atoms with van der Waals surface area (Å²) in [6.07, 6.45) is 0. The Balaban J connectivity index is 1.98. The number of benzene rings is 3. The van der Waals surface area contributed by atoms with E-state index in [-0.39, 0.29) is 0 Å². The van der Waals surface area contributed by atoms with Crippen LogP contribution in [0.5, 0.6) is 0 Å². The molecule has 0 aliphatic heterocycles. The molecule has 0 aliphatic carbocycles. The molecule has 0 spiro atoms. The number of nitrogens with zero attached hydrogens (tertiary/aromatic N) is 2. The zero-order valence-electron chi connectivity index (χ0n) is 12.7. The van der Waals surface area contributed by atoms with Gasteiger partial charge in [0.2, 0.25) is 0 Å². The number of para-hydroxylation sites is 1. The Bertz CT molecular complexity index is 982. The lowest BCUT2D eigenvalue weighted by molar-refractivity contribution is 0.863. The van der Waals surface area contributed by atoms with Gasteiger partial charge in [-0.1, -0.05) is 72.3 Å². The highest BCUT2D eigenvalue weighted by molar-refractivity contribution is 6.33. The van der Waals surface area contributed by atoms with E-state index in [4.69, 9.17) is 11.6 Å². The molecular weight excluding hydrogens is 304 g/mol. The summed E-state index contributed by atoms with van der Waals surface area (Å²) in [6, 6.07) is 24.6. The molecule has 0 unspecified atom stereocenters. The lowest BCUT2D eigenvalue weighted by Crippen LogP contribution is -1.95. The molecule has 2 nitrogen and oxygen atoms in total. The zero-order chi connectivity index (χ0) is 15.8. The fourth-order valence-corrected chi connectivity index (χ4v) is 3.36. The van der Waals surface area contributed by atoms with Crippen LogP contribution in [0.15, 0.2) is 72.8 Å². The van der Waals surface area contributed by atoms with E-state index in [1.165, 1.54) is 10.8 Å². The van der Waals surface area contributed by atoms with Crippen molar-refractivity contribution in [3.8, 4) is 16.8 Å². The van der Waals surface area contributed by atoms with Crippen LogP contribution in [0.1, 0.15) is 5.69 Å². The van der Waals surface area contributed by atoms with Crippen molar-refractivity contribution in [1.29, 1.82) is 0 Å². The molecule has 0 saturated carbocycles. The smallest absolute Gasteiger partial charge is 0.141 e. The molecule has 4 aromatic rings. The molecular formula is C20H15ClN2. The first kappa shape index (κ1) is 14.0. The Morgan fingerprint density at radius 2 is 1.52 bits per heavy atom. The largest absolute Gasteiger partial charge is 0.221 e. The first-order valence-electron chi connectivity index (χ1n) is 7.54. The number of halogens is 1. The van der Waals surface area contributed by atoms with E-state index in [0.717, 1.165) is 22.5 Å². The molecule has 1 heterocycles. The maximum Gasteiger partial charge on any atom is 0.141 e. The quantitative estimate of drug-likeness (QED) is 0.466. The van der Waals surface area contributed by atoms with Crippen LogP contribution >= 0.6 is 11.6 Å². The Morgan fingerprint density at radius 3 is 2.35 bits per heavy atom. The molecule has 0 aliphatic rings. The third kappa shape index (κ3) is 2.32. The van der Waals surface area contributed by atoms with Crippen molar-refractivity contribution in [2.45, 2.75) is 6.92 Å². The van der Waals surface area contributed by atoms with Gasteiger partial charge in [-0.25, -0.2) is 4.68 Å². The molecule has 0 atom stereocenters. The summed E-state index contributed by atoms with van der Waals surface area (Å²) in [6.45, 7) is 2.00. The zero-order valence-corrected chi connectivity index (χ0v) is 13.5. The average Bonchev–Trinajstić information content (AvgIpc) is 2.90. The summed E-state index contributed by atoms with van der Waals surface area (Å²) in [4.78, 5) is 0. The molecule has 112 valence electrons. The topological polar surface area (TPSA) is 17.8 Å². The van der Waals surface area contributed by atoms with Crippen LogP contribution in [-0.2, 0) is 0 Å². The molecule has 23 heavy (non-hydrogen) atoms. The number of rotatable bonds is 2. The van der Waals surface area contributed by atoms with Gasteiger partial charge in [-0.15, -0.1) is 0 Å². The second-order valence-electron chi connectivity index (χ2n) is 5.53. The van der Waals surface area contributed by atoms with Gasteiger partial charge in [0.1, 0.15) is 5.15 Å². The summed E-state index contributed by atoms with van der Waals surface area (Å²) in [5, 5.41) is 7.68. The van der Waals surface area contributed by atoms with Crippen molar-refractivity contribution in [1.82, 2.24) is 9.78 Å². The summed E-state index contributed by atoms with van der Waals surface area (Å²) < 4.78 is 1.80. The van der Waals surface area contributed by atoms with Gasteiger partial charge in [-0.3, -0.25) is 0 Å². The van der Waals surface area contributed by atoms with Crippen LogP contribution in [0, 0.1) is 6.92 Å². The minimum absolute atomic E-state index is 0.644. The third-order valence-corrected chi connectivity index (χ3v) is 4.41. The molecule has 0 amide bonds. The van der Waals surface area contributed by atoms with Gasteiger partial charge in [0.25, 0.3) is 0 Å². The summed E-state index contributed by atoms with van der Waals surface area (Å²) in [5.74, 6) is 0. The maximum atomic E-state index is 6.70. The van der Waals surface area contributed by atoms with Crippen molar-refractivity contribution in [3.05, 3.63) is 83.6 Å². The maximum absolute atomic E-state index is 6.70. The standard InChI is InChI=1S/C20H15ClN2/c1-14-19(18-13-7-9-15-8-5-6-12-17(15)18)20(21)23(22-14)16-10-3-2-4-11-16/h2-13H,1H3. The highest BCUT2D eigenvalue weighted by Crippen LogP contribution is 2.36. The molecule has 0 bridgehead atoms. The van der Waals surface area contributed by atoms with Crippen molar-refractivity contribution < 1.29 is 0 Å². The molecule has 0 saturated heterocycles. The molecule has 3 aromatic carbocycles. The normalized spacial score (nSPS) is 11.0. The Morgan fingerprint density at radius 1 is 0.826 bits per heavy atom. The van der Waals surface area contributed by atoms with E-state index in [0.29, 0.717) is 5.15 Å². The van der Waals surface area contributed by atoms with Crippen molar-refractivity contribution in [2.24, 2.45) is 0 Å². The SMILES string of the molecule is Cc1nn(-c2ccccc2)c(Cl)c1-c1cccc2ccccc12. The fraction of sp³-hybridized carbons (Fsp3) is 0.0500. The minimum atomic E-state index is 0.644. The van der Waals surface area contributed by atoms with Gasteiger partial charge < -0.3 is 0 Å². The lowest BCUT2D eigenvalue weighted by Gasteiger charge is -2.07. The first-order chi connectivity index (χ1) is 11.3. The number of fused-ring (bicyclic) bond motifs is 1. The first-order valence-corrected chi connectivity index (χ1v) is 7.92. The molecule has 3 heteroatoms. The van der Waals surface area contributed by atoms with E-state index < -0.39 is 0 Å². The second-order valence-corrected chi connectivity index (χ2v) is 5.88.